The molecule has 7 heteroatoms. The van der Waals surface area contributed by atoms with Crippen molar-refractivity contribution in [3.8, 4) is 0 Å². The predicted octanol–water partition coefficient (Wildman–Crippen LogP) is 2.74. The first-order valence-corrected chi connectivity index (χ1v) is 7.08. The Hall–Kier alpha value is -2.83. The zero-order valence-corrected chi connectivity index (χ0v) is 12.1. The molecule has 0 aliphatic carbocycles. The first-order chi connectivity index (χ1) is 11.1. The number of aromatic nitrogens is 1. The van der Waals surface area contributed by atoms with Crippen LogP contribution in [0.5, 0.6) is 0 Å². The van der Waals surface area contributed by atoms with Crippen LogP contribution in [0, 0.1) is 11.8 Å². The molecule has 0 radical (unpaired) electrons. The van der Waals surface area contributed by atoms with Crippen LogP contribution in [0.4, 0.5) is 20.2 Å². The van der Waals surface area contributed by atoms with Crippen LogP contribution >= 0.6 is 0 Å². The summed E-state index contributed by atoms with van der Waals surface area (Å²) in [7, 11) is 0. The molecule has 118 valence electrons. The van der Waals surface area contributed by atoms with Crippen molar-refractivity contribution in [3.05, 3.63) is 53.9 Å². The van der Waals surface area contributed by atoms with E-state index in [9.17, 15) is 18.4 Å². The monoisotopic (exact) mass is 317 g/mol. The first kappa shape index (κ1) is 15.1. The van der Waals surface area contributed by atoms with Crippen LogP contribution in [0.15, 0.2) is 36.5 Å². The lowest BCUT2D eigenvalue weighted by molar-refractivity contribution is -0.117. The molecule has 0 unspecified atom stereocenters. The van der Waals surface area contributed by atoms with Gasteiger partial charge in [0.25, 0.3) is 5.91 Å². The van der Waals surface area contributed by atoms with E-state index in [0.29, 0.717) is 24.3 Å². The fourth-order valence-corrected chi connectivity index (χ4v) is 2.50. The third kappa shape index (κ3) is 2.90. The van der Waals surface area contributed by atoms with E-state index in [1.165, 1.54) is 0 Å². The number of amides is 2. The summed E-state index contributed by atoms with van der Waals surface area (Å²) < 4.78 is 26.8. The SMILES string of the molecule is O=C(Nc1ccccc1N1CCCC1=O)c1ccnc(F)c1F. The fourth-order valence-electron chi connectivity index (χ4n) is 2.50. The van der Waals surface area contributed by atoms with Gasteiger partial charge in [-0.2, -0.15) is 4.39 Å². The maximum atomic E-state index is 13.7. The minimum atomic E-state index is -1.33. The predicted molar refractivity (Wildman–Crippen MR) is 80.1 cm³/mol. The molecule has 1 aliphatic rings. The Balaban J connectivity index is 1.90. The maximum Gasteiger partial charge on any atom is 0.258 e. The number of anilines is 2. The fraction of sp³-hybridized carbons (Fsp3) is 0.188. The highest BCUT2D eigenvalue weighted by Gasteiger charge is 2.25. The van der Waals surface area contributed by atoms with Crippen molar-refractivity contribution >= 4 is 23.2 Å². The number of pyridine rings is 1. The lowest BCUT2D eigenvalue weighted by atomic mass is 10.2. The van der Waals surface area contributed by atoms with Crippen molar-refractivity contribution in [2.24, 2.45) is 0 Å². The Bertz CT molecular complexity index is 780. The zero-order valence-electron chi connectivity index (χ0n) is 12.1. The molecule has 1 fully saturated rings. The van der Waals surface area contributed by atoms with E-state index in [2.05, 4.69) is 10.3 Å². The van der Waals surface area contributed by atoms with Crippen LogP contribution in [0.2, 0.25) is 0 Å². The van der Waals surface area contributed by atoms with E-state index in [1.807, 2.05) is 0 Å². The molecule has 1 N–H and O–H groups in total. The van der Waals surface area contributed by atoms with E-state index in [1.54, 1.807) is 29.2 Å². The van der Waals surface area contributed by atoms with Crippen LogP contribution < -0.4 is 10.2 Å². The number of rotatable bonds is 3. The van der Waals surface area contributed by atoms with Gasteiger partial charge >= 0.3 is 0 Å². The minimum Gasteiger partial charge on any atom is -0.320 e. The second kappa shape index (κ2) is 6.12. The summed E-state index contributed by atoms with van der Waals surface area (Å²) in [6.07, 6.45) is 2.21. The van der Waals surface area contributed by atoms with Crippen molar-refractivity contribution in [2.75, 3.05) is 16.8 Å². The average molecular weight is 317 g/mol. The third-order valence-corrected chi connectivity index (χ3v) is 3.61. The zero-order chi connectivity index (χ0) is 16.4. The molecule has 1 aromatic carbocycles. The Morgan fingerprint density at radius 3 is 2.74 bits per heavy atom. The number of nitrogens with one attached hydrogen (secondary N) is 1. The van der Waals surface area contributed by atoms with Crippen molar-refractivity contribution in [1.82, 2.24) is 4.98 Å². The number of halogens is 2. The van der Waals surface area contributed by atoms with Crippen LogP contribution in [0.3, 0.4) is 0 Å². The molecule has 0 saturated carbocycles. The van der Waals surface area contributed by atoms with E-state index in [4.69, 9.17) is 0 Å². The van der Waals surface area contributed by atoms with Gasteiger partial charge in [0, 0.05) is 19.2 Å². The number of carbonyl (C=O) groups excluding carboxylic acids is 2. The lowest BCUT2D eigenvalue weighted by Crippen LogP contribution is -2.25. The molecule has 2 amide bonds. The molecule has 0 atom stereocenters. The summed E-state index contributed by atoms with van der Waals surface area (Å²) in [6.45, 7) is 0.559. The minimum absolute atomic E-state index is 0.0344. The molecule has 2 heterocycles. The summed E-state index contributed by atoms with van der Waals surface area (Å²) in [5.74, 6) is -3.48. The van der Waals surface area contributed by atoms with Gasteiger partial charge in [-0.15, -0.1) is 0 Å². The van der Waals surface area contributed by atoms with Crippen molar-refractivity contribution in [2.45, 2.75) is 12.8 Å². The molecule has 2 aromatic rings. The quantitative estimate of drug-likeness (QED) is 0.886. The van der Waals surface area contributed by atoms with Gasteiger partial charge in [0.05, 0.1) is 16.9 Å². The van der Waals surface area contributed by atoms with Crippen molar-refractivity contribution < 1.29 is 18.4 Å². The summed E-state index contributed by atoms with van der Waals surface area (Å²) >= 11 is 0. The molecular formula is C16H13F2N3O2. The summed E-state index contributed by atoms with van der Waals surface area (Å²) in [4.78, 5) is 28.8. The molecule has 1 aliphatic heterocycles. The standard InChI is InChI=1S/C16H13F2N3O2/c17-14-10(7-8-19-15(14)18)16(23)20-11-4-1-2-5-12(11)21-9-3-6-13(21)22/h1-2,4-5,7-8H,3,6,9H2,(H,20,23). The number of para-hydroxylation sites is 2. The van der Waals surface area contributed by atoms with E-state index >= 15 is 0 Å². The topological polar surface area (TPSA) is 62.3 Å². The van der Waals surface area contributed by atoms with Gasteiger partial charge in [-0.25, -0.2) is 9.37 Å². The summed E-state index contributed by atoms with van der Waals surface area (Å²) in [5, 5.41) is 2.53. The summed E-state index contributed by atoms with van der Waals surface area (Å²) in [5.41, 5.74) is 0.461. The average Bonchev–Trinajstić information content (AvgIpc) is 2.96. The molecule has 1 saturated heterocycles. The van der Waals surface area contributed by atoms with E-state index in [0.717, 1.165) is 18.7 Å². The highest BCUT2D eigenvalue weighted by Crippen LogP contribution is 2.29. The maximum absolute atomic E-state index is 13.7. The molecule has 1 aromatic heterocycles. The van der Waals surface area contributed by atoms with Gasteiger partial charge in [-0.3, -0.25) is 9.59 Å². The highest BCUT2D eigenvalue weighted by atomic mass is 19.2. The Kier molecular flexibility index (Phi) is 4.01. The van der Waals surface area contributed by atoms with Crippen LogP contribution in [-0.4, -0.2) is 23.3 Å². The van der Waals surface area contributed by atoms with Crippen LogP contribution in [0.25, 0.3) is 0 Å². The van der Waals surface area contributed by atoms with Crippen LogP contribution in [-0.2, 0) is 4.79 Å². The van der Waals surface area contributed by atoms with Gasteiger partial charge in [0.15, 0.2) is 5.82 Å². The lowest BCUT2D eigenvalue weighted by Gasteiger charge is -2.20. The number of benzene rings is 1. The molecular weight excluding hydrogens is 304 g/mol. The van der Waals surface area contributed by atoms with Gasteiger partial charge in [-0.05, 0) is 24.6 Å². The van der Waals surface area contributed by atoms with Crippen molar-refractivity contribution in [3.63, 3.8) is 0 Å². The Morgan fingerprint density at radius 2 is 2.00 bits per heavy atom. The molecule has 3 rings (SSSR count). The summed E-state index contributed by atoms with van der Waals surface area (Å²) in [6, 6.07) is 7.82. The Morgan fingerprint density at radius 1 is 1.22 bits per heavy atom. The first-order valence-electron chi connectivity index (χ1n) is 7.08. The van der Waals surface area contributed by atoms with Gasteiger partial charge in [-0.1, -0.05) is 12.1 Å². The Labute approximate surface area is 130 Å². The van der Waals surface area contributed by atoms with E-state index < -0.39 is 23.2 Å². The third-order valence-electron chi connectivity index (χ3n) is 3.61. The molecule has 5 nitrogen and oxygen atoms in total. The number of hydrogen-bond acceptors (Lipinski definition) is 3. The van der Waals surface area contributed by atoms with Gasteiger partial charge in [0.2, 0.25) is 11.9 Å². The molecule has 0 bridgehead atoms. The normalized spacial score (nSPS) is 14.2. The number of nitrogens with zero attached hydrogens (tertiary/aromatic N) is 2. The van der Waals surface area contributed by atoms with Crippen molar-refractivity contribution in [1.29, 1.82) is 0 Å². The van der Waals surface area contributed by atoms with E-state index in [-0.39, 0.29) is 5.91 Å². The molecule has 23 heavy (non-hydrogen) atoms. The largest absolute Gasteiger partial charge is 0.320 e. The number of hydrogen-bond donors (Lipinski definition) is 1. The van der Waals surface area contributed by atoms with Gasteiger partial charge in [0.1, 0.15) is 0 Å². The second-order valence-electron chi connectivity index (χ2n) is 5.08. The highest BCUT2D eigenvalue weighted by molar-refractivity contribution is 6.08. The van der Waals surface area contributed by atoms with Gasteiger partial charge < -0.3 is 10.2 Å². The number of carbonyl (C=O) groups is 2. The van der Waals surface area contributed by atoms with Crippen LogP contribution in [0.1, 0.15) is 23.2 Å². The second-order valence-corrected chi connectivity index (χ2v) is 5.08. The smallest absolute Gasteiger partial charge is 0.258 e. The molecule has 0 spiro atoms.